The summed E-state index contributed by atoms with van der Waals surface area (Å²) in [5.41, 5.74) is 5.63. The number of benzene rings is 1. The molecular weight excluding hydrogens is 249 g/mol. The van der Waals surface area contributed by atoms with Crippen molar-refractivity contribution in [1.82, 2.24) is 5.32 Å². The fraction of sp³-hybridized carbons (Fsp3) is 0.364. The van der Waals surface area contributed by atoms with Crippen LogP contribution in [-0.4, -0.2) is 18.6 Å². The molecule has 1 aliphatic rings. The Hall–Kier alpha value is -1.14. The summed E-state index contributed by atoms with van der Waals surface area (Å²) in [5.74, 6) is -2.60. The molecule has 3 N–H and O–H groups in total. The summed E-state index contributed by atoms with van der Waals surface area (Å²) in [6.07, 6.45) is 0.694. The smallest absolute Gasteiger partial charge is 0.132 e. The first-order valence-electron chi connectivity index (χ1n) is 5.10. The quantitative estimate of drug-likeness (QED) is 0.761. The van der Waals surface area contributed by atoms with Gasteiger partial charge in [-0.2, -0.15) is 0 Å². The van der Waals surface area contributed by atoms with Crippen LogP contribution in [0.3, 0.4) is 0 Å². The fourth-order valence-corrected chi connectivity index (χ4v) is 1.84. The number of hydrogen-bond acceptors (Lipinski definition) is 2. The van der Waals surface area contributed by atoms with Crippen molar-refractivity contribution in [2.24, 2.45) is 5.73 Å². The summed E-state index contributed by atoms with van der Waals surface area (Å²) in [5, 5.41) is 3.01. The molecule has 1 fully saturated rings. The maximum Gasteiger partial charge on any atom is 0.132 e. The molecule has 1 heterocycles. The van der Waals surface area contributed by atoms with Gasteiger partial charge in [0.1, 0.15) is 17.5 Å². The van der Waals surface area contributed by atoms with Gasteiger partial charge in [-0.3, -0.25) is 0 Å². The zero-order chi connectivity index (χ0) is 12.8. The summed E-state index contributed by atoms with van der Waals surface area (Å²) in [7, 11) is 0. The topological polar surface area (TPSA) is 38.0 Å². The van der Waals surface area contributed by atoms with Gasteiger partial charge in [0.05, 0.1) is 5.49 Å². The molecule has 1 aliphatic heterocycles. The highest BCUT2D eigenvalue weighted by Crippen LogP contribution is 2.27. The third-order valence-corrected chi connectivity index (χ3v) is 2.51. The molecule has 1 aromatic carbocycles. The second-order valence-electron chi connectivity index (χ2n) is 3.61. The van der Waals surface area contributed by atoms with E-state index in [1.165, 1.54) is 0 Å². The molecule has 0 aliphatic carbocycles. The Kier molecular flexibility index (Phi) is 5.37. The van der Waals surface area contributed by atoms with E-state index in [2.05, 4.69) is 23.3 Å². The molecule has 2 nitrogen and oxygen atoms in total. The molecule has 17 heavy (non-hydrogen) atoms. The SMILES string of the molecule is Fc1cc(F)c([C@@H]2CCNC2)c(F)c1.NC=S. The Morgan fingerprint density at radius 2 is 1.82 bits per heavy atom. The molecule has 0 radical (unpaired) electrons. The van der Waals surface area contributed by atoms with Gasteiger partial charge in [-0.1, -0.05) is 12.2 Å². The number of rotatable bonds is 1. The fourth-order valence-electron chi connectivity index (χ4n) is 1.84. The van der Waals surface area contributed by atoms with Crippen molar-refractivity contribution in [3.63, 3.8) is 0 Å². The van der Waals surface area contributed by atoms with Crippen LogP contribution in [0.15, 0.2) is 12.1 Å². The molecule has 0 aromatic heterocycles. The van der Waals surface area contributed by atoms with Crippen LogP contribution >= 0.6 is 12.2 Å². The number of thiocarbonyl (C=S) groups is 1. The third-order valence-electron chi connectivity index (χ3n) is 2.51. The van der Waals surface area contributed by atoms with E-state index in [-0.39, 0.29) is 11.5 Å². The first kappa shape index (κ1) is 13.9. The Bertz CT molecular complexity index is 369. The minimum atomic E-state index is -0.866. The van der Waals surface area contributed by atoms with Gasteiger partial charge < -0.3 is 11.1 Å². The highest BCUT2D eigenvalue weighted by atomic mass is 32.1. The standard InChI is InChI=1S/C10H10F3N.CH3NS/c11-7-3-8(12)10(9(13)4-7)6-1-2-14-5-6;2-1-3/h3-4,6,14H,1-2,5H2;1H,(H2,2,3)/t6-;/m1./s1. The second kappa shape index (κ2) is 6.56. The van der Waals surface area contributed by atoms with Crippen molar-refractivity contribution < 1.29 is 13.2 Å². The summed E-state index contributed by atoms with van der Waals surface area (Å²) in [6.45, 7) is 1.31. The third kappa shape index (κ3) is 3.67. The van der Waals surface area contributed by atoms with Crippen molar-refractivity contribution in [1.29, 1.82) is 0 Å². The van der Waals surface area contributed by atoms with E-state index >= 15 is 0 Å². The van der Waals surface area contributed by atoms with Crippen LogP contribution in [0, 0.1) is 17.5 Å². The number of hydrogen-bond donors (Lipinski definition) is 2. The van der Waals surface area contributed by atoms with E-state index in [1.807, 2.05) is 0 Å². The van der Waals surface area contributed by atoms with Crippen LogP contribution in [0.25, 0.3) is 0 Å². The maximum absolute atomic E-state index is 13.3. The van der Waals surface area contributed by atoms with Gasteiger partial charge in [0, 0.05) is 30.2 Å². The van der Waals surface area contributed by atoms with E-state index in [4.69, 9.17) is 0 Å². The monoisotopic (exact) mass is 262 g/mol. The Labute approximate surface area is 103 Å². The zero-order valence-electron chi connectivity index (χ0n) is 9.05. The van der Waals surface area contributed by atoms with E-state index in [9.17, 15) is 13.2 Å². The van der Waals surface area contributed by atoms with Crippen molar-refractivity contribution in [3.8, 4) is 0 Å². The average Bonchev–Trinajstić information content (AvgIpc) is 2.70. The molecule has 6 heteroatoms. The van der Waals surface area contributed by atoms with Crippen LogP contribution in [0.2, 0.25) is 0 Å². The summed E-state index contributed by atoms with van der Waals surface area (Å²) < 4.78 is 39.1. The Balaban J connectivity index is 0.000000437. The summed E-state index contributed by atoms with van der Waals surface area (Å²) in [4.78, 5) is 0. The molecular formula is C11H13F3N2S. The normalized spacial score (nSPS) is 18.4. The van der Waals surface area contributed by atoms with Crippen LogP contribution in [0.4, 0.5) is 13.2 Å². The number of nitrogens with two attached hydrogens (primary N) is 1. The van der Waals surface area contributed by atoms with Gasteiger partial charge in [-0.15, -0.1) is 0 Å². The minimum Gasteiger partial charge on any atom is -0.396 e. The van der Waals surface area contributed by atoms with Gasteiger partial charge >= 0.3 is 0 Å². The van der Waals surface area contributed by atoms with Crippen LogP contribution in [0.5, 0.6) is 0 Å². The number of nitrogens with one attached hydrogen (secondary N) is 1. The van der Waals surface area contributed by atoms with Crippen LogP contribution < -0.4 is 11.1 Å². The maximum atomic E-state index is 13.3. The largest absolute Gasteiger partial charge is 0.396 e. The molecule has 2 rings (SSSR count). The lowest BCUT2D eigenvalue weighted by atomic mass is 9.97. The summed E-state index contributed by atoms with van der Waals surface area (Å²) in [6, 6.07) is 1.47. The van der Waals surface area contributed by atoms with Crippen molar-refractivity contribution in [3.05, 3.63) is 35.1 Å². The molecule has 0 spiro atoms. The number of halogens is 3. The minimum absolute atomic E-state index is 0.0106. The molecule has 1 aromatic rings. The van der Waals surface area contributed by atoms with Crippen LogP contribution in [-0.2, 0) is 0 Å². The van der Waals surface area contributed by atoms with E-state index in [0.717, 1.165) is 24.2 Å². The molecule has 94 valence electrons. The van der Waals surface area contributed by atoms with Crippen LogP contribution in [0.1, 0.15) is 17.9 Å². The lowest BCUT2D eigenvalue weighted by molar-refractivity contribution is 0.507. The first-order valence-corrected chi connectivity index (χ1v) is 5.57. The first-order chi connectivity index (χ1) is 8.10. The molecule has 0 saturated carbocycles. The van der Waals surface area contributed by atoms with E-state index in [1.54, 1.807) is 0 Å². The lowest BCUT2D eigenvalue weighted by Crippen LogP contribution is -2.10. The zero-order valence-corrected chi connectivity index (χ0v) is 9.87. The molecule has 1 saturated heterocycles. The molecule has 0 amide bonds. The van der Waals surface area contributed by atoms with Gasteiger partial charge in [0.2, 0.25) is 0 Å². The highest BCUT2D eigenvalue weighted by molar-refractivity contribution is 7.78. The van der Waals surface area contributed by atoms with Gasteiger partial charge in [-0.05, 0) is 13.0 Å². The summed E-state index contributed by atoms with van der Waals surface area (Å²) >= 11 is 4.05. The molecule has 0 unspecified atom stereocenters. The highest BCUT2D eigenvalue weighted by Gasteiger charge is 2.24. The average molecular weight is 262 g/mol. The van der Waals surface area contributed by atoms with Crippen molar-refractivity contribution in [2.45, 2.75) is 12.3 Å². The predicted molar refractivity (Wildman–Crippen MR) is 64.4 cm³/mol. The van der Waals surface area contributed by atoms with Gasteiger partial charge in [0.25, 0.3) is 0 Å². The van der Waals surface area contributed by atoms with Crippen molar-refractivity contribution >= 4 is 17.7 Å². The van der Waals surface area contributed by atoms with Crippen molar-refractivity contribution in [2.75, 3.05) is 13.1 Å². The van der Waals surface area contributed by atoms with Gasteiger partial charge in [-0.25, -0.2) is 13.2 Å². The Morgan fingerprint density at radius 3 is 2.24 bits per heavy atom. The van der Waals surface area contributed by atoms with Gasteiger partial charge in [0.15, 0.2) is 0 Å². The van der Waals surface area contributed by atoms with E-state index < -0.39 is 17.5 Å². The Morgan fingerprint density at radius 1 is 1.29 bits per heavy atom. The lowest BCUT2D eigenvalue weighted by Gasteiger charge is -2.11. The van der Waals surface area contributed by atoms with E-state index in [0.29, 0.717) is 13.0 Å². The second-order valence-corrected chi connectivity index (χ2v) is 3.88. The molecule has 1 atom stereocenters. The molecule has 0 bridgehead atoms. The predicted octanol–water partition coefficient (Wildman–Crippen LogP) is 2.08.